The van der Waals surface area contributed by atoms with Gasteiger partial charge in [0, 0.05) is 5.70 Å². The van der Waals surface area contributed by atoms with Crippen LogP contribution >= 0.6 is 0 Å². The van der Waals surface area contributed by atoms with Crippen LogP contribution in [0, 0.1) is 12.8 Å². The van der Waals surface area contributed by atoms with Crippen molar-refractivity contribution >= 4 is 11.9 Å². The largest absolute Gasteiger partial charge is 0.489 e. The van der Waals surface area contributed by atoms with Gasteiger partial charge in [0.25, 0.3) is 0 Å². The topological polar surface area (TPSA) is 78.3 Å². The number of anilines is 1. The second kappa shape index (κ2) is 7.79. The van der Waals surface area contributed by atoms with Crippen LogP contribution in [0.4, 0.5) is 5.95 Å². The van der Waals surface area contributed by atoms with E-state index in [1.54, 1.807) is 4.68 Å². The lowest BCUT2D eigenvalue weighted by Gasteiger charge is -2.32. The van der Waals surface area contributed by atoms with Gasteiger partial charge in [-0.3, -0.25) is 4.79 Å². The highest BCUT2D eigenvalue weighted by molar-refractivity contribution is 5.78. The van der Waals surface area contributed by atoms with Crippen LogP contribution in [0.15, 0.2) is 67.1 Å². The van der Waals surface area contributed by atoms with Gasteiger partial charge in [-0.1, -0.05) is 48.5 Å². The van der Waals surface area contributed by atoms with Gasteiger partial charge >= 0.3 is 5.97 Å². The molecule has 0 aliphatic carbocycles. The van der Waals surface area contributed by atoms with Crippen LogP contribution in [-0.4, -0.2) is 27.8 Å². The third-order valence-corrected chi connectivity index (χ3v) is 4.96. The number of aryl methyl sites for hydroxylation is 1. The van der Waals surface area contributed by atoms with Gasteiger partial charge in [-0.05, 0) is 30.2 Å². The van der Waals surface area contributed by atoms with Crippen LogP contribution in [0.3, 0.4) is 0 Å². The molecule has 1 aliphatic heterocycles. The maximum absolute atomic E-state index is 12.4. The molecule has 2 atom stereocenters. The lowest BCUT2D eigenvalue weighted by atomic mass is 9.89. The Labute approximate surface area is 169 Å². The molecule has 7 heteroatoms. The summed E-state index contributed by atoms with van der Waals surface area (Å²) in [5.41, 5.74) is 3.73. The average Bonchev–Trinajstić information content (AvgIpc) is 3.19. The summed E-state index contributed by atoms with van der Waals surface area (Å²) >= 11 is 0. The molecule has 2 aromatic carbocycles. The molecule has 0 radical (unpaired) electrons. The van der Waals surface area contributed by atoms with Crippen molar-refractivity contribution in [2.24, 2.45) is 5.92 Å². The van der Waals surface area contributed by atoms with Gasteiger partial charge < -0.3 is 14.8 Å². The molecule has 148 valence electrons. The summed E-state index contributed by atoms with van der Waals surface area (Å²) in [5.74, 6) is 0.290. The fraction of sp³-hybridized carbons (Fsp3) is 0.227. The molecular formula is C22H22N4O3. The lowest BCUT2D eigenvalue weighted by Crippen LogP contribution is -2.37. The summed E-state index contributed by atoms with van der Waals surface area (Å²) in [6.45, 7) is 6.53. The minimum atomic E-state index is -0.617. The highest BCUT2D eigenvalue weighted by atomic mass is 16.5. The molecule has 0 saturated heterocycles. The van der Waals surface area contributed by atoms with Crippen molar-refractivity contribution < 1.29 is 14.3 Å². The first kappa shape index (κ1) is 18.7. The smallest absolute Gasteiger partial charge is 0.317 e. The van der Waals surface area contributed by atoms with E-state index in [1.807, 2.05) is 36.4 Å². The van der Waals surface area contributed by atoms with Crippen molar-refractivity contribution in [1.82, 2.24) is 14.8 Å². The molecule has 4 rings (SSSR count). The Kier molecular flexibility index (Phi) is 5.03. The van der Waals surface area contributed by atoms with Gasteiger partial charge in [-0.2, -0.15) is 10.1 Å². The molecule has 0 spiro atoms. The SMILES string of the molecule is C=C1Nc2ncnn2[C@H](c2ccc(OCc3cccc(C)c3)cc2)[C@H]1C(=O)OC. The summed E-state index contributed by atoms with van der Waals surface area (Å²) < 4.78 is 12.6. The van der Waals surface area contributed by atoms with E-state index in [0.29, 0.717) is 18.3 Å². The van der Waals surface area contributed by atoms with E-state index in [2.05, 4.69) is 41.0 Å². The number of methoxy groups -OCH3 is 1. The zero-order chi connectivity index (χ0) is 20.4. The third-order valence-electron chi connectivity index (χ3n) is 4.96. The predicted molar refractivity (Wildman–Crippen MR) is 108 cm³/mol. The van der Waals surface area contributed by atoms with Crippen LogP contribution in [0.1, 0.15) is 22.7 Å². The van der Waals surface area contributed by atoms with Crippen molar-refractivity contribution in [2.75, 3.05) is 12.4 Å². The van der Waals surface area contributed by atoms with E-state index < -0.39 is 12.0 Å². The second-order valence-electron chi connectivity index (χ2n) is 6.97. The van der Waals surface area contributed by atoms with E-state index in [4.69, 9.17) is 9.47 Å². The summed E-state index contributed by atoms with van der Waals surface area (Å²) in [7, 11) is 1.37. The van der Waals surface area contributed by atoms with Gasteiger partial charge in [0.2, 0.25) is 5.95 Å². The van der Waals surface area contributed by atoms with E-state index in [1.165, 1.54) is 19.0 Å². The Hall–Kier alpha value is -3.61. The first-order chi connectivity index (χ1) is 14.1. The fourth-order valence-electron chi connectivity index (χ4n) is 3.56. The Balaban J connectivity index is 1.58. The van der Waals surface area contributed by atoms with E-state index in [9.17, 15) is 4.79 Å². The summed E-state index contributed by atoms with van der Waals surface area (Å²) in [4.78, 5) is 16.6. The molecule has 29 heavy (non-hydrogen) atoms. The van der Waals surface area contributed by atoms with E-state index in [0.717, 1.165) is 16.9 Å². The zero-order valence-electron chi connectivity index (χ0n) is 16.3. The number of aromatic nitrogens is 3. The maximum Gasteiger partial charge on any atom is 0.317 e. The number of ether oxygens (including phenoxy) is 2. The number of carbonyl (C=O) groups excluding carboxylic acids is 1. The van der Waals surface area contributed by atoms with Crippen molar-refractivity contribution in [3.05, 3.63) is 83.8 Å². The van der Waals surface area contributed by atoms with Crippen molar-refractivity contribution in [3.8, 4) is 5.75 Å². The van der Waals surface area contributed by atoms with Gasteiger partial charge in [-0.25, -0.2) is 4.68 Å². The molecule has 0 fully saturated rings. The standard InChI is InChI=1S/C22H22N4O3/c1-14-5-4-6-16(11-14)12-29-18-9-7-17(8-10-18)20-19(21(27)28-3)15(2)25-22-23-13-24-26(20)22/h4-11,13,19-20H,2,12H2,1,3H3,(H,23,24,25)/t19-,20+/m0/s1. The molecule has 0 unspecified atom stereocenters. The molecule has 1 N–H and O–H groups in total. The molecule has 0 bridgehead atoms. The van der Waals surface area contributed by atoms with Gasteiger partial charge in [0.1, 0.15) is 24.6 Å². The normalized spacial score (nSPS) is 17.9. The Morgan fingerprint density at radius 1 is 1.24 bits per heavy atom. The van der Waals surface area contributed by atoms with Crippen molar-refractivity contribution in [2.45, 2.75) is 19.6 Å². The number of rotatable bonds is 5. The number of esters is 1. The number of fused-ring (bicyclic) bond motifs is 1. The lowest BCUT2D eigenvalue weighted by molar-refractivity contribution is -0.145. The highest BCUT2D eigenvalue weighted by Crippen LogP contribution is 2.38. The summed E-state index contributed by atoms with van der Waals surface area (Å²) in [6.07, 6.45) is 1.45. The van der Waals surface area contributed by atoms with Crippen molar-refractivity contribution in [3.63, 3.8) is 0 Å². The first-order valence-electron chi connectivity index (χ1n) is 9.28. The van der Waals surface area contributed by atoms with Crippen LogP contribution in [0.5, 0.6) is 5.75 Å². The van der Waals surface area contributed by atoms with Crippen LogP contribution in [0.25, 0.3) is 0 Å². The molecule has 3 aromatic rings. The Bertz CT molecular complexity index is 1040. The first-order valence-corrected chi connectivity index (χ1v) is 9.28. The minimum Gasteiger partial charge on any atom is -0.489 e. The molecular weight excluding hydrogens is 368 g/mol. The molecule has 0 amide bonds. The average molecular weight is 390 g/mol. The number of nitrogens with one attached hydrogen (secondary N) is 1. The maximum atomic E-state index is 12.4. The van der Waals surface area contributed by atoms with Gasteiger partial charge in [0.05, 0.1) is 13.2 Å². The number of carbonyl (C=O) groups is 1. The Morgan fingerprint density at radius 3 is 2.76 bits per heavy atom. The van der Waals surface area contributed by atoms with Crippen LogP contribution in [-0.2, 0) is 16.1 Å². The highest BCUT2D eigenvalue weighted by Gasteiger charge is 2.40. The van der Waals surface area contributed by atoms with E-state index >= 15 is 0 Å². The number of hydrogen-bond acceptors (Lipinski definition) is 6. The Morgan fingerprint density at radius 2 is 2.03 bits per heavy atom. The quantitative estimate of drug-likeness (QED) is 0.672. The van der Waals surface area contributed by atoms with Crippen LogP contribution in [0.2, 0.25) is 0 Å². The molecule has 1 aliphatic rings. The van der Waals surface area contributed by atoms with Gasteiger partial charge in [-0.15, -0.1) is 0 Å². The minimum absolute atomic E-state index is 0.381. The van der Waals surface area contributed by atoms with Gasteiger partial charge in [0.15, 0.2) is 0 Å². The zero-order valence-corrected chi connectivity index (χ0v) is 16.3. The molecule has 0 saturated carbocycles. The second-order valence-corrected chi connectivity index (χ2v) is 6.97. The number of nitrogens with zero attached hydrogens (tertiary/aromatic N) is 3. The molecule has 2 heterocycles. The van der Waals surface area contributed by atoms with E-state index in [-0.39, 0.29) is 5.97 Å². The van der Waals surface area contributed by atoms with Crippen LogP contribution < -0.4 is 10.1 Å². The predicted octanol–water partition coefficient (Wildman–Crippen LogP) is 3.48. The summed E-state index contributed by atoms with van der Waals surface area (Å²) in [5, 5.41) is 7.31. The third kappa shape index (κ3) is 3.71. The molecule has 7 nitrogen and oxygen atoms in total. The van der Waals surface area contributed by atoms with Crippen molar-refractivity contribution in [1.29, 1.82) is 0 Å². The summed E-state index contributed by atoms with van der Waals surface area (Å²) in [6, 6.07) is 15.4. The monoisotopic (exact) mass is 390 g/mol. The molecule has 1 aromatic heterocycles. The number of hydrogen-bond donors (Lipinski definition) is 1. The fourth-order valence-corrected chi connectivity index (χ4v) is 3.56. The number of benzene rings is 2.